The summed E-state index contributed by atoms with van der Waals surface area (Å²) in [5.41, 5.74) is 7.21. The zero-order valence-corrected chi connectivity index (χ0v) is 27.4. The number of anilines is 3. The van der Waals surface area contributed by atoms with Crippen LogP contribution in [0.5, 0.6) is 5.88 Å². The van der Waals surface area contributed by atoms with Gasteiger partial charge in [-0.2, -0.15) is 4.98 Å². The highest BCUT2D eigenvalue weighted by Crippen LogP contribution is 2.44. The second-order valence-electron chi connectivity index (χ2n) is 12.3. The van der Waals surface area contributed by atoms with Crippen molar-refractivity contribution in [1.82, 2.24) is 20.6 Å². The smallest absolute Gasteiger partial charge is 0.329 e. The molecule has 2 aliphatic heterocycles. The maximum atomic E-state index is 13.4. The van der Waals surface area contributed by atoms with Gasteiger partial charge in [-0.05, 0) is 60.7 Å². The summed E-state index contributed by atoms with van der Waals surface area (Å²) in [5.74, 6) is -0.804. The van der Waals surface area contributed by atoms with Gasteiger partial charge in [-0.25, -0.2) is 9.78 Å². The third-order valence-corrected chi connectivity index (χ3v) is 8.87. The van der Waals surface area contributed by atoms with Crippen molar-refractivity contribution in [3.05, 3.63) is 107 Å². The second-order valence-corrected chi connectivity index (χ2v) is 12.3. The number of aldehydes is 2. The molecule has 4 N–H and O–H groups in total. The fraction of sp³-hybridized carbons (Fsp3) is 0.270. The van der Waals surface area contributed by atoms with Gasteiger partial charge in [0, 0.05) is 30.3 Å². The third kappa shape index (κ3) is 6.94. The number of fused-ring (bicyclic) bond motifs is 1. The van der Waals surface area contributed by atoms with Crippen molar-refractivity contribution < 1.29 is 33.4 Å². The lowest BCUT2D eigenvalue weighted by Crippen LogP contribution is -2.39. The Morgan fingerprint density at radius 2 is 1.74 bits per heavy atom. The van der Waals surface area contributed by atoms with E-state index >= 15 is 0 Å². The summed E-state index contributed by atoms with van der Waals surface area (Å²) in [4.78, 5) is 73.1. The molecular weight excluding hydrogens is 640 g/mol. The molecule has 4 aromatic rings. The van der Waals surface area contributed by atoms with E-state index in [0.29, 0.717) is 66.1 Å². The molecule has 6 rings (SSSR count). The highest BCUT2D eigenvalue weighted by molar-refractivity contribution is 6.13. The first-order valence-corrected chi connectivity index (χ1v) is 16.1. The molecule has 0 spiro atoms. The van der Waals surface area contributed by atoms with Gasteiger partial charge in [-0.1, -0.05) is 48.5 Å². The van der Waals surface area contributed by atoms with Crippen LogP contribution in [0.2, 0.25) is 0 Å². The fourth-order valence-electron chi connectivity index (χ4n) is 6.26. The largest absolute Gasteiger partial charge is 0.478 e. The number of carbonyl (C=O) groups excluding carboxylic acids is 5. The summed E-state index contributed by atoms with van der Waals surface area (Å²) in [6.45, 7) is 1.99. The first-order valence-electron chi connectivity index (χ1n) is 16.1. The van der Waals surface area contributed by atoms with Crippen LogP contribution in [-0.2, 0) is 43.4 Å². The monoisotopic (exact) mass is 676 g/mol. The molecular formula is C37H36N6O7. The Labute approximate surface area is 288 Å². The maximum absolute atomic E-state index is 13.4. The number of amides is 2. The summed E-state index contributed by atoms with van der Waals surface area (Å²) >= 11 is 0. The van der Waals surface area contributed by atoms with Crippen LogP contribution in [0.3, 0.4) is 0 Å². The molecule has 13 nitrogen and oxygen atoms in total. The summed E-state index contributed by atoms with van der Waals surface area (Å²) < 4.78 is 11.3. The van der Waals surface area contributed by atoms with E-state index in [-0.39, 0.29) is 43.8 Å². The Balaban J connectivity index is 1.17. The van der Waals surface area contributed by atoms with Gasteiger partial charge in [0.15, 0.2) is 0 Å². The Hall–Kier alpha value is -5.95. The summed E-state index contributed by atoms with van der Waals surface area (Å²) in [6, 6.07) is 23.2. The van der Waals surface area contributed by atoms with Crippen LogP contribution in [0, 0.1) is 6.92 Å². The number of hydrogen-bond acceptors (Lipinski definition) is 11. The number of ether oxygens (including phenoxy) is 2. The topological polar surface area (TPSA) is 193 Å². The lowest BCUT2D eigenvalue weighted by molar-refractivity contribution is -0.149. The highest BCUT2D eigenvalue weighted by atomic mass is 16.5. The molecule has 0 saturated carbocycles. The number of nitrogen functional groups attached to an aromatic ring is 1. The molecule has 1 saturated heterocycles. The predicted molar refractivity (Wildman–Crippen MR) is 183 cm³/mol. The molecule has 2 aliphatic rings. The fourth-order valence-corrected chi connectivity index (χ4v) is 6.26. The zero-order chi connectivity index (χ0) is 35.3. The molecule has 0 aliphatic carbocycles. The molecule has 0 bridgehead atoms. The normalized spacial score (nSPS) is 19.5. The third-order valence-electron chi connectivity index (χ3n) is 8.87. The molecule has 3 aromatic carbocycles. The van der Waals surface area contributed by atoms with Gasteiger partial charge in [0.05, 0.1) is 24.4 Å². The second kappa shape index (κ2) is 14.3. The van der Waals surface area contributed by atoms with E-state index in [1.54, 1.807) is 49.4 Å². The SMILES string of the molecule is Cc1cc(OCCCc2ccc3c(c2)C(=O)NCC(=O)N3c2ccc(C[C@@]3(C(=O)OCc4ccccc4)NC3(C=O)CC=O)cc2)nc(N)n1. The van der Waals surface area contributed by atoms with Crippen molar-refractivity contribution >= 4 is 47.7 Å². The van der Waals surface area contributed by atoms with Crippen LogP contribution in [0.4, 0.5) is 17.3 Å². The van der Waals surface area contributed by atoms with Gasteiger partial charge in [0.2, 0.25) is 11.8 Å². The lowest BCUT2D eigenvalue weighted by atomic mass is 9.85. The van der Waals surface area contributed by atoms with E-state index in [2.05, 4.69) is 20.6 Å². The number of esters is 1. The number of carbonyl (C=O) groups is 5. The van der Waals surface area contributed by atoms with Crippen LogP contribution >= 0.6 is 0 Å². The van der Waals surface area contributed by atoms with E-state index in [1.165, 1.54) is 4.90 Å². The van der Waals surface area contributed by atoms with Crippen molar-refractivity contribution in [2.45, 2.75) is 50.3 Å². The minimum absolute atomic E-state index is 0.00908. The number of nitrogens with one attached hydrogen (secondary N) is 2. The number of aromatic nitrogens is 2. The van der Waals surface area contributed by atoms with Crippen LogP contribution < -0.4 is 26.0 Å². The van der Waals surface area contributed by atoms with E-state index in [1.807, 2.05) is 36.4 Å². The van der Waals surface area contributed by atoms with Crippen LogP contribution in [-0.4, -0.2) is 64.6 Å². The highest BCUT2D eigenvalue weighted by Gasteiger charge is 2.72. The van der Waals surface area contributed by atoms with Crippen molar-refractivity contribution in [3.8, 4) is 5.88 Å². The Bertz CT molecular complexity index is 1920. The van der Waals surface area contributed by atoms with E-state index in [4.69, 9.17) is 15.2 Å². The van der Waals surface area contributed by atoms with Crippen molar-refractivity contribution in [1.29, 1.82) is 0 Å². The average molecular weight is 677 g/mol. The van der Waals surface area contributed by atoms with E-state index in [0.717, 1.165) is 11.1 Å². The van der Waals surface area contributed by atoms with Gasteiger partial charge >= 0.3 is 5.97 Å². The number of nitrogens with zero attached hydrogens (tertiary/aromatic N) is 3. The Kier molecular flexibility index (Phi) is 9.68. The number of hydrogen-bond donors (Lipinski definition) is 3. The number of aryl methyl sites for hydroxylation is 2. The molecule has 3 heterocycles. The van der Waals surface area contributed by atoms with Gasteiger partial charge < -0.3 is 30.1 Å². The number of rotatable bonds is 14. The summed E-state index contributed by atoms with van der Waals surface area (Å²) in [6.07, 6.45) is 2.31. The molecule has 1 fully saturated rings. The van der Waals surface area contributed by atoms with Gasteiger partial charge in [0.25, 0.3) is 11.8 Å². The lowest BCUT2D eigenvalue weighted by Gasteiger charge is -2.23. The summed E-state index contributed by atoms with van der Waals surface area (Å²) in [5, 5.41) is 5.66. The number of benzene rings is 3. The van der Waals surface area contributed by atoms with Gasteiger partial charge in [-0.15, -0.1) is 0 Å². The van der Waals surface area contributed by atoms with Crippen molar-refractivity contribution in [3.63, 3.8) is 0 Å². The van der Waals surface area contributed by atoms with Gasteiger partial charge in [-0.3, -0.25) is 19.8 Å². The first kappa shape index (κ1) is 33.9. The van der Waals surface area contributed by atoms with Gasteiger partial charge in [0.1, 0.15) is 30.3 Å². The first-order chi connectivity index (χ1) is 24.2. The van der Waals surface area contributed by atoms with E-state index < -0.39 is 17.0 Å². The minimum Gasteiger partial charge on any atom is -0.478 e. The zero-order valence-electron chi connectivity index (χ0n) is 27.4. The van der Waals surface area contributed by atoms with Crippen molar-refractivity contribution in [2.75, 3.05) is 23.8 Å². The van der Waals surface area contributed by atoms with Crippen LogP contribution in [0.15, 0.2) is 78.9 Å². The Morgan fingerprint density at radius 3 is 2.46 bits per heavy atom. The molecule has 2 amide bonds. The molecule has 1 aromatic heterocycles. The van der Waals surface area contributed by atoms with E-state index in [9.17, 15) is 24.0 Å². The molecule has 1 unspecified atom stereocenters. The quantitative estimate of drug-likeness (QED) is 0.0770. The summed E-state index contributed by atoms with van der Waals surface area (Å²) in [7, 11) is 0. The molecule has 13 heteroatoms. The Morgan fingerprint density at radius 1 is 0.980 bits per heavy atom. The molecule has 0 radical (unpaired) electrons. The number of nitrogens with two attached hydrogens (primary N) is 1. The molecule has 50 heavy (non-hydrogen) atoms. The standard InChI is InChI=1S/C37H36N6O7/c1-24-18-31(41-35(38)40-24)49-17-5-8-25-11-14-30-29(19-25)33(47)39-21-32(46)43(30)28-12-9-26(10-13-28)20-37(36(23-45,42-37)15-16-44)34(48)50-22-27-6-3-2-4-7-27/h2-4,6-7,9-14,16,18-19,23,42H,5,8,15,17,20-22H2,1H3,(H,39,47)(H2,38,40,41)/t36?,37-/m0/s1. The van der Waals surface area contributed by atoms with Crippen LogP contribution in [0.1, 0.15) is 45.6 Å². The molecule has 2 atom stereocenters. The maximum Gasteiger partial charge on any atom is 0.329 e. The van der Waals surface area contributed by atoms with Crippen molar-refractivity contribution in [2.24, 2.45) is 0 Å². The molecule has 256 valence electrons. The predicted octanol–water partition coefficient (Wildman–Crippen LogP) is 2.94. The average Bonchev–Trinajstić information content (AvgIpc) is 3.78. The minimum atomic E-state index is -1.43. The van der Waals surface area contributed by atoms with Crippen LogP contribution in [0.25, 0.3) is 0 Å².